The highest BCUT2D eigenvalue weighted by molar-refractivity contribution is 5.93. The van der Waals surface area contributed by atoms with Crippen LogP contribution in [-0.4, -0.2) is 49.8 Å². The Hall–Kier alpha value is -4.47. The van der Waals surface area contributed by atoms with E-state index in [0.717, 1.165) is 11.1 Å². The Morgan fingerprint density at radius 1 is 0.618 bits per heavy atom. The number of anilines is 3. The monoisotopic (exact) mass is 456 g/mol. The molecule has 34 heavy (non-hydrogen) atoms. The minimum absolute atomic E-state index is 0.263. The number of aliphatic imine (C=N–C) groups is 1. The number of hydrogen-bond acceptors (Lipinski definition) is 9. The molecule has 0 spiro atoms. The van der Waals surface area contributed by atoms with Crippen molar-refractivity contribution in [3.05, 3.63) is 60.7 Å². The summed E-state index contributed by atoms with van der Waals surface area (Å²) >= 11 is 0. The summed E-state index contributed by atoms with van der Waals surface area (Å²) < 4.78 is 0. The fraction of sp³-hybridized carbons (Fsp3) is 0.208. The van der Waals surface area contributed by atoms with E-state index in [9.17, 15) is 0 Å². The Bertz CT molecular complexity index is 1230. The Morgan fingerprint density at radius 3 is 1.62 bits per heavy atom. The van der Waals surface area contributed by atoms with Crippen molar-refractivity contribution in [3.8, 4) is 22.8 Å². The van der Waals surface area contributed by atoms with E-state index in [4.69, 9.17) is 0 Å². The van der Waals surface area contributed by atoms with Crippen molar-refractivity contribution in [2.75, 3.05) is 30.0 Å². The molecule has 3 N–H and O–H groups in total. The highest BCUT2D eigenvalue weighted by atomic mass is 15.3. The third-order valence-corrected chi connectivity index (χ3v) is 4.33. The van der Waals surface area contributed by atoms with Gasteiger partial charge in [0.25, 0.3) is 5.95 Å². The second-order valence-corrected chi connectivity index (χ2v) is 6.64. The van der Waals surface area contributed by atoms with Crippen molar-refractivity contribution in [2.24, 2.45) is 4.99 Å². The molecule has 10 nitrogen and oxygen atoms in total. The van der Waals surface area contributed by atoms with E-state index >= 15 is 0 Å². The molecule has 4 rings (SSSR count). The molecule has 0 aliphatic heterocycles. The largest absolute Gasteiger partial charge is 0.357 e. The van der Waals surface area contributed by atoms with Crippen LogP contribution in [-0.2, 0) is 0 Å². The summed E-state index contributed by atoms with van der Waals surface area (Å²) in [6.07, 6.45) is 0. The zero-order valence-electron chi connectivity index (χ0n) is 19.9. The Kier molecular flexibility index (Phi) is 8.50. The number of aromatic nitrogens is 6. The normalized spacial score (nSPS) is 10.7. The number of rotatable bonds is 6. The van der Waals surface area contributed by atoms with E-state index in [0.29, 0.717) is 35.3 Å². The highest BCUT2D eigenvalue weighted by Gasteiger charge is 2.10. The lowest BCUT2D eigenvalue weighted by Crippen LogP contribution is -2.13. The second-order valence-electron chi connectivity index (χ2n) is 6.64. The Morgan fingerprint density at radius 2 is 1.09 bits per heavy atom. The predicted octanol–water partition coefficient (Wildman–Crippen LogP) is 4.66. The van der Waals surface area contributed by atoms with Crippen LogP contribution in [0.15, 0.2) is 65.7 Å². The van der Waals surface area contributed by atoms with Crippen molar-refractivity contribution in [1.82, 2.24) is 29.9 Å². The predicted molar refractivity (Wildman–Crippen MR) is 137 cm³/mol. The Balaban J connectivity index is 0.00000158. The Labute approximate surface area is 199 Å². The van der Waals surface area contributed by atoms with Crippen LogP contribution in [0.2, 0.25) is 0 Å². The average Bonchev–Trinajstić information content (AvgIpc) is 2.90. The first-order valence-electron chi connectivity index (χ1n) is 11.0. The van der Waals surface area contributed by atoms with Gasteiger partial charge >= 0.3 is 0 Å². The van der Waals surface area contributed by atoms with E-state index in [-0.39, 0.29) is 5.95 Å². The van der Waals surface area contributed by atoms with Crippen LogP contribution in [0.25, 0.3) is 22.8 Å². The topological polar surface area (TPSA) is 126 Å². The lowest BCUT2D eigenvalue weighted by molar-refractivity contribution is 1.04. The molecule has 2 heterocycles. The van der Waals surface area contributed by atoms with Crippen molar-refractivity contribution in [2.45, 2.75) is 20.8 Å². The van der Waals surface area contributed by atoms with Gasteiger partial charge in [-0.3, -0.25) is 0 Å². The number of hydrogen-bond donors (Lipinski definition) is 3. The zero-order valence-corrected chi connectivity index (χ0v) is 19.9. The summed E-state index contributed by atoms with van der Waals surface area (Å²) in [5.74, 6) is 3.08. The molecular formula is C24H28N10. The fourth-order valence-electron chi connectivity index (χ4n) is 2.84. The number of nitrogens with one attached hydrogen (secondary N) is 3. The third-order valence-electron chi connectivity index (χ3n) is 4.33. The first-order chi connectivity index (χ1) is 16.6. The lowest BCUT2D eigenvalue weighted by atomic mass is 10.2. The van der Waals surface area contributed by atoms with Crippen LogP contribution < -0.4 is 16.0 Å². The minimum atomic E-state index is 0.263. The summed E-state index contributed by atoms with van der Waals surface area (Å²) in [6.45, 7) is 5.79. The number of nitrogens with zero attached hydrogens (tertiary/aromatic N) is 7. The first-order valence-corrected chi connectivity index (χ1v) is 11.0. The van der Waals surface area contributed by atoms with Gasteiger partial charge in [0.2, 0.25) is 17.8 Å². The van der Waals surface area contributed by atoms with Crippen molar-refractivity contribution in [1.29, 1.82) is 0 Å². The van der Waals surface area contributed by atoms with Crippen LogP contribution >= 0.6 is 0 Å². The van der Waals surface area contributed by atoms with Crippen molar-refractivity contribution < 1.29 is 0 Å². The zero-order chi connectivity index (χ0) is 24.3. The highest BCUT2D eigenvalue weighted by Crippen LogP contribution is 2.20. The third kappa shape index (κ3) is 6.28. The molecule has 0 radical (unpaired) electrons. The quantitative estimate of drug-likeness (QED) is 0.280. The van der Waals surface area contributed by atoms with Gasteiger partial charge < -0.3 is 16.0 Å². The molecule has 10 heteroatoms. The van der Waals surface area contributed by atoms with Gasteiger partial charge in [-0.25, -0.2) is 0 Å². The molecule has 0 amide bonds. The average molecular weight is 457 g/mol. The number of amidine groups is 1. The van der Waals surface area contributed by atoms with Gasteiger partial charge in [-0.15, -0.1) is 0 Å². The van der Waals surface area contributed by atoms with Crippen molar-refractivity contribution >= 4 is 29.6 Å². The van der Waals surface area contributed by atoms with E-state index in [1.807, 2.05) is 74.5 Å². The first kappa shape index (κ1) is 24.2. The van der Waals surface area contributed by atoms with E-state index in [2.05, 4.69) is 50.8 Å². The maximum absolute atomic E-state index is 4.51. The van der Waals surface area contributed by atoms with Gasteiger partial charge in [0.1, 0.15) is 5.84 Å². The fourth-order valence-corrected chi connectivity index (χ4v) is 2.84. The smallest absolute Gasteiger partial charge is 0.256 e. The minimum Gasteiger partial charge on any atom is -0.357 e. The van der Waals surface area contributed by atoms with Crippen LogP contribution in [0.3, 0.4) is 0 Å². The lowest BCUT2D eigenvalue weighted by Gasteiger charge is -2.09. The molecule has 0 aliphatic rings. The van der Waals surface area contributed by atoms with Crippen LogP contribution in [0.4, 0.5) is 23.8 Å². The summed E-state index contributed by atoms with van der Waals surface area (Å²) in [4.78, 5) is 31.0. The molecule has 0 bridgehead atoms. The molecule has 0 aliphatic carbocycles. The van der Waals surface area contributed by atoms with Crippen LogP contribution in [0.1, 0.15) is 20.8 Å². The van der Waals surface area contributed by atoms with E-state index < -0.39 is 0 Å². The van der Waals surface area contributed by atoms with E-state index in [1.54, 1.807) is 21.0 Å². The molecule has 4 aromatic rings. The summed E-state index contributed by atoms with van der Waals surface area (Å²) in [5, 5.41) is 9.00. The molecular weight excluding hydrogens is 428 g/mol. The molecule has 174 valence electrons. The SMILES string of the molecule is CC.CNc1nc(N=C(C)Nc2nc(NC)nc(-c3ccccc3)n2)nc(-c2ccccc2)n1. The van der Waals surface area contributed by atoms with Crippen molar-refractivity contribution in [3.63, 3.8) is 0 Å². The molecule has 2 aromatic carbocycles. The van der Waals surface area contributed by atoms with Crippen LogP contribution in [0.5, 0.6) is 0 Å². The molecule has 0 atom stereocenters. The van der Waals surface area contributed by atoms with Gasteiger partial charge in [-0.2, -0.15) is 34.9 Å². The summed E-state index contributed by atoms with van der Waals surface area (Å²) in [7, 11) is 3.50. The van der Waals surface area contributed by atoms with E-state index in [1.165, 1.54) is 0 Å². The standard InChI is InChI=1S/C22H22N10.C2H6/c1-14(25-21-29-17(27-19(23-2)31-21)15-10-6-4-7-11-15)26-22-30-18(28-20(24-3)32-22)16-12-8-5-9-13-16;1-2/h4-13H,1-3H3,(H3,23,24,25,26,27,28,29,30,31,32);1-2H3. The molecule has 0 fully saturated rings. The van der Waals surface area contributed by atoms with Gasteiger partial charge in [-0.05, 0) is 6.92 Å². The summed E-state index contributed by atoms with van der Waals surface area (Å²) in [6, 6.07) is 19.3. The second kappa shape index (κ2) is 12.0. The van der Waals surface area contributed by atoms with Gasteiger partial charge in [0.15, 0.2) is 11.6 Å². The number of benzene rings is 2. The maximum atomic E-state index is 4.51. The molecule has 0 saturated carbocycles. The summed E-state index contributed by atoms with van der Waals surface area (Å²) in [5.41, 5.74) is 1.75. The van der Waals surface area contributed by atoms with Gasteiger partial charge in [0.05, 0.1) is 0 Å². The van der Waals surface area contributed by atoms with Crippen LogP contribution in [0, 0.1) is 0 Å². The molecule has 0 unspecified atom stereocenters. The van der Waals surface area contributed by atoms with Gasteiger partial charge in [0, 0.05) is 25.2 Å². The maximum Gasteiger partial charge on any atom is 0.256 e. The van der Waals surface area contributed by atoms with Gasteiger partial charge in [-0.1, -0.05) is 74.5 Å². The molecule has 2 aromatic heterocycles. The molecule has 0 saturated heterocycles.